The zero-order valence-electron chi connectivity index (χ0n) is 11.4. The fraction of sp³-hybridized carbons (Fsp3) is 0.188. The first-order valence-electron chi connectivity index (χ1n) is 6.56. The first-order valence-corrected chi connectivity index (χ1v) is 6.94. The van der Waals surface area contributed by atoms with Crippen molar-refractivity contribution in [2.75, 3.05) is 6.61 Å². The van der Waals surface area contributed by atoms with Crippen molar-refractivity contribution >= 4 is 22.6 Å². The Labute approximate surface area is 122 Å². The van der Waals surface area contributed by atoms with Crippen molar-refractivity contribution in [3.8, 4) is 17.1 Å². The first kappa shape index (κ1) is 13.0. The molecule has 1 aromatic heterocycles. The van der Waals surface area contributed by atoms with E-state index in [0.717, 1.165) is 22.4 Å². The number of aromatic nitrogens is 2. The number of aryl methyl sites for hydroxylation is 1. The van der Waals surface area contributed by atoms with Crippen LogP contribution in [-0.4, -0.2) is 16.6 Å². The molecule has 0 saturated heterocycles. The summed E-state index contributed by atoms with van der Waals surface area (Å²) in [4.78, 5) is 7.91. The quantitative estimate of drug-likeness (QED) is 0.764. The topological polar surface area (TPSA) is 37.9 Å². The molecule has 0 fully saturated rings. The largest absolute Gasteiger partial charge is 0.492 e. The molecule has 3 aromatic rings. The molecular weight excluding hydrogens is 272 g/mol. The number of fused-ring (bicyclic) bond motifs is 1. The minimum absolute atomic E-state index is 0.598. The van der Waals surface area contributed by atoms with Crippen LogP contribution in [0.25, 0.3) is 22.4 Å². The van der Waals surface area contributed by atoms with Crippen molar-refractivity contribution in [1.29, 1.82) is 0 Å². The molecule has 0 radical (unpaired) electrons. The third kappa shape index (κ3) is 2.37. The minimum atomic E-state index is 0.598. The maximum atomic E-state index is 6.22. The van der Waals surface area contributed by atoms with Crippen molar-refractivity contribution in [1.82, 2.24) is 9.97 Å². The van der Waals surface area contributed by atoms with Gasteiger partial charge in [-0.05, 0) is 49.7 Å². The van der Waals surface area contributed by atoms with Gasteiger partial charge in [0, 0.05) is 5.56 Å². The molecule has 0 amide bonds. The molecule has 0 saturated carbocycles. The van der Waals surface area contributed by atoms with E-state index >= 15 is 0 Å². The molecule has 1 heterocycles. The van der Waals surface area contributed by atoms with E-state index in [9.17, 15) is 0 Å². The van der Waals surface area contributed by atoms with Crippen molar-refractivity contribution < 1.29 is 4.74 Å². The summed E-state index contributed by atoms with van der Waals surface area (Å²) >= 11 is 6.22. The Morgan fingerprint density at radius 2 is 2.05 bits per heavy atom. The molecule has 102 valence electrons. The zero-order valence-corrected chi connectivity index (χ0v) is 12.2. The second-order valence-corrected chi connectivity index (χ2v) is 5.09. The monoisotopic (exact) mass is 286 g/mol. The van der Waals surface area contributed by atoms with Crippen LogP contribution in [0.3, 0.4) is 0 Å². The van der Waals surface area contributed by atoms with Gasteiger partial charge in [-0.3, -0.25) is 0 Å². The Morgan fingerprint density at radius 1 is 1.20 bits per heavy atom. The van der Waals surface area contributed by atoms with E-state index in [4.69, 9.17) is 16.3 Å². The number of hydrogen-bond donors (Lipinski definition) is 1. The molecule has 20 heavy (non-hydrogen) atoms. The third-order valence-corrected chi connectivity index (χ3v) is 3.44. The lowest BCUT2D eigenvalue weighted by Crippen LogP contribution is -1.92. The summed E-state index contributed by atoms with van der Waals surface area (Å²) in [5, 5.41) is 0.598. The number of halogens is 1. The van der Waals surface area contributed by atoms with Gasteiger partial charge in [0.05, 0.1) is 22.7 Å². The number of rotatable bonds is 3. The lowest BCUT2D eigenvalue weighted by Gasteiger charge is -2.06. The number of benzene rings is 2. The molecule has 1 N–H and O–H groups in total. The normalized spacial score (nSPS) is 10.9. The van der Waals surface area contributed by atoms with E-state index < -0.39 is 0 Å². The summed E-state index contributed by atoms with van der Waals surface area (Å²) in [5.41, 5.74) is 4.14. The minimum Gasteiger partial charge on any atom is -0.492 e. The van der Waals surface area contributed by atoms with Gasteiger partial charge in [-0.15, -0.1) is 0 Å². The van der Waals surface area contributed by atoms with Crippen molar-refractivity contribution in [2.24, 2.45) is 0 Å². The average Bonchev–Trinajstić information content (AvgIpc) is 2.84. The second kappa shape index (κ2) is 5.17. The van der Waals surface area contributed by atoms with Crippen LogP contribution in [-0.2, 0) is 0 Å². The van der Waals surface area contributed by atoms with Crippen LogP contribution in [0.2, 0.25) is 5.02 Å². The Balaban J connectivity index is 2.04. The van der Waals surface area contributed by atoms with Crippen LogP contribution >= 0.6 is 11.6 Å². The summed E-state index contributed by atoms with van der Waals surface area (Å²) < 4.78 is 5.44. The van der Waals surface area contributed by atoms with Gasteiger partial charge in [-0.2, -0.15) is 0 Å². The van der Waals surface area contributed by atoms with Gasteiger partial charge in [-0.25, -0.2) is 4.98 Å². The Morgan fingerprint density at radius 3 is 2.80 bits per heavy atom. The fourth-order valence-electron chi connectivity index (χ4n) is 2.18. The Bertz CT molecular complexity index is 764. The summed E-state index contributed by atoms with van der Waals surface area (Å²) in [5.74, 6) is 1.51. The highest BCUT2D eigenvalue weighted by atomic mass is 35.5. The summed E-state index contributed by atoms with van der Waals surface area (Å²) in [6.07, 6.45) is 0. The van der Waals surface area contributed by atoms with E-state index in [2.05, 4.69) is 29.0 Å². The average molecular weight is 287 g/mol. The van der Waals surface area contributed by atoms with E-state index in [-0.39, 0.29) is 0 Å². The molecule has 0 spiro atoms. The zero-order chi connectivity index (χ0) is 14.1. The van der Waals surface area contributed by atoms with Gasteiger partial charge in [0.15, 0.2) is 0 Å². The van der Waals surface area contributed by atoms with Gasteiger partial charge < -0.3 is 9.72 Å². The molecule has 3 nitrogen and oxygen atoms in total. The molecule has 0 aliphatic heterocycles. The maximum absolute atomic E-state index is 6.22. The van der Waals surface area contributed by atoms with Crippen LogP contribution in [0.1, 0.15) is 12.5 Å². The van der Waals surface area contributed by atoms with Gasteiger partial charge in [0.2, 0.25) is 0 Å². The smallest absolute Gasteiger partial charge is 0.138 e. The van der Waals surface area contributed by atoms with Crippen LogP contribution < -0.4 is 4.74 Å². The number of nitrogens with zero attached hydrogens (tertiary/aromatic N) is 1. The highest BCUT2D eigenvalue weighted by Crippen LogP contribution is 2.30. The molecule has 0 atom stereocenters. The first-order chi connectivity index (χ1) is 9.67. The number of nitrogens with one attached hydrogen (secondary N) is 1. The predicted molar refractivity (Wildman–Crippen MR) is 82.4 cm³/mol. The van der Waals surface area contributed by atoms with E-state index in [1.165, 1.54) is 5.56 Å². The van der Waals surface area contributed by atoms with Crippen molar-refractivity contribution in [3.63, 3.8) is 0 Å². The molecule has 0 aliphatic rings. The molecular formula is C16H15ClN2O. The van der Waals surface area contributed by atoms with Crippen molar-refractivity contribution in [2.45, 2.75) is 13.8 Å². The van der Waals surface area contributed by atoms with Crippen molar-refractivity contribution in [3.05, 3.63) is 47.0 Å². The second-order valence-electron chi connectivity index (χ2n) is 4.68. The highest BCUT2D eigenvalue weighted by molar-refractivity contribution is 6.32. The standard InChI is InChI=1S/C16H15ClN2O/c1-3-20-15-7-5-11(9-12(15)17)16-18-13-6-4-10(2)8-14(13)19-16/h4-9H,3H2,1-2H3,(H,18,19). The summed E-state index contributed by atoms with van der Waals surface area (Å²) in [7, 11) is 0. The Kier molecular flexibility index (Phi) is 3.36. The van der Waals surface area contributed by atoms with Gasteiger partial charge in [0.25, 0.3) is 0 Å². The lowest BCUT2D eigenvalue weighted by molar-refractivity contribution is 0.340. The van der Waals surface area contributed by atoms with Gasteiger partial charge in [-0.1, -0.05) is 17.7 Å². The van der Waals surface area contributed by atoms with Crippen LogP contribution in [0.5, 0.6) is 5.75 Å². The third-order valence-electron chi connectivity index (χ3n) is 3.14. The van der Waals surface area contributed by atoms with Gasteiger partial charge >= 0.3 is 0 Å². The molecule has 4 heteroatoms. The molecule has 0 aliphatic carbocycles. The molecule has 0 bridgehead atoms. The SMILES string of the molecule is CCOc1ccc(-c2nc3ccc(C)cc3[nH]2)cc1Cl. The van der Waals surface area contributed by atoms with Gasteiger partial charge in [0.1, 0.15) is 11.6 Å². The molecule has 2 aromatic carbocycles. The predicted octanol–water partition coefficient (Wildman–Crippen LogP) is 4.59. The number of hydrogen-bond acceptors (Lipinski definition) is 2. The van der Waals surface area contributed by atoms with E-state index in [0.29, 0.717) is 17.4 Å². The lowest BCUT2D eigenvalue weighted by atomic mass is 10.2. The highest BCUT2D eigenvalue weighted by Gasteiger charge is 2.08. The van der Waals surface area contributed by atoms with E-state index in [1.54, 1.807) is 0 Å². The number of ether oxygens (including phenoxy) is 1. The van der Waals surface area contributed by atoms with Crippen LogP contribution in [0.15, 0.2) is 36.4 Å². The molecule has 3 rings (SSSR count). The number of aromatic amines is 1. The summed E-state index contributed by atoms with van der Waals surface area (Å²) in [6.45, 7) is 4.60. The fourth-order valence-corrected chi connectivity index (χ4v) is 2.42. The number of imidazole rings is 1. The summed E-state index contributed by atoms with van der Waals surface area (Å²) in [6, 6.07) is 11.9. The van der Waals surface area contributed by atoms with Crippen LogP contribution in [0.4, 0.5) is 0 Å². The molecule has 0 unspecified atom stereocenters. The Hall–Kier alpha value is -2.00. The maximum Gasteiger partial charge on any atom is 0.138 e. The van der Waals surface area contributed by atoms with Crippen LogP contribution in [0, 0.1) is 6.92 Å². The van der Waals surface area contributed by atoms with E-state index in [1.807, 2.05) is 31.2 Å². The number of H-pyrrole nitrogens is 1.